The van der Waals surface area contributed by atoms with Gasteiger partial charge >= 0.3 is 0 Å². The number of hydrogen-bond donors (Lipinski definition) is 1. The fourth-order valence-electron chi connectivity index (χ4n) is 2.48. The van der Waals surface area contributed by atoms with Crippen molar-refractivity contribution in [1.29, 1.82) is 0 Å². The molecule has 2 N–H and O–H groups in total. The SMILES string of the molecule is COc1ccc(OC)c(CN2CCC[C@@H](N)C2)c1. The summed E-state index contributed by atoms with van der Waals surface area (Å²) >= 11 is 0. The molecule has 1 aliphatic heterocycles. The molecule has 18 heavy (non-hydrogen) atoms. The first-order valence-corrected chi connectivity index (χ1v) is 6.41. The van der Waals surface area contributed by atoms with E-state index in [1.807, 2.05) is 18.2 Å². The van der Waals surface area contributed by atoms with Gasteiger partial charge < -0.3 is 15.2 Å². The Labute approximate surface area is 109 Å². The first-order valence-electron chi connectivity index (χ1n) is 6.41. The van der Waals surface area contributed by atoms with Gasteiger partial charge in [0.2, 0.25) is 0 Å². The van der Waals surface area contributed by atoms with Gasteiger partial charge in [-0.2, -0.15) is 0 Å². The lowest BCUT2D eigenvalue weighted by Gasteiger charge is -2.31. The quantitative estimate of drug-likeness (QED) is 0.882. The van der Waals surface area contributed by atoms with Crippen molar-refractivity contribution in [2.24, 2.45) is 5.73 Å². The molecule has 0 aliphatic carbocycles. The number of methoxy groups -OCH3 is 2. The van der Waals surface area contributed by atoms with Gasteiger partial charge in [0, 0.05) is 24.7 Å². The van der Waals surface area contributed by atoms with E-state index in [1.54, 1.807) is 14.2 Å². The fourth-order valence-corrected chi connectivity index (χ4v) is 2.48. The summed E-state index contributed by atoms with van der Waals surface area (Å²) in [4.78, 5) is 2.38. The number of nitrogens with zero attached hydrogens (tertiary/aromatic N) is 1. The Kier molecular flexibility index (Phi) is 4.44. The van der Waals surface area contributed by atoms with Gasteiger partial charge in [0.1, 0.15) is 11.5 Å². The van der Waals surface area contributed by atoms with Crippen molar-refractivity contribution in [1.82, 2.24) is 4.90 Å². The van der Waals surface area contributed by atoms with Crippen molar-refractivity contribution in [3.8, 4) is 11.5 Å². The molecular formula is C14H22N2O2. The fraction of sp³-hybridized carbons (Fsp3) is 0.571. The second-order valence-corrected chi connectivity index (χ2v) is 4.82. The molecule has 0 amide bonds. The van der Waals surface area contributed by atoms with E-state index in [9.17, 15) is 0 Å². The van der Waals surface area contributed by atoms with Gasteiger partial charge in [0.05, 0.1) is 14.2 Å². The molecule has 1 aromatic carbocycles. The lowest BCUT2D eigenvalue weighted by Crippen LogP contribution is -2.42. The highest BCUT2D eigenvalue weighted by atomic mass is 16.5. The predicted molar refractivity (Wildman–Crippen MR) is 72.0 cm³/mol. The van der Waals surface area contributed by atoms with Crippen LogP contribution in [-0.4, -0.2) is 38.3 Å². The minimum absolute atomic E-state index is 0.301. The summed E-state index contributed by atoms with van der Waals surface area (Å²) < 4.78 is 10.7. The Morgan fingerprint density at radius 3 is 2.83 bits per heavy atom. The Balaban J connectivity index is 2.11. The third-order valence-corrected chi connectivity index (χ3v) is 3.42. The maximum Gasteiger partial charge on any atom is 0.123 e. The molecule has 1 saturated heterocycles. The Morgan fingerprint density at radius 2 is 2.17 bits per heavy atom. The molecule has 1 aliphatic rings. The minimum Gasteiger partial charge on any atom is -0.497 e. The van der Waals surface area contributed by atoms with Crippen molar-refractivity contribution < 1.29 is 9.47 Å². The molecule has 0 spiro atoms. The molecule has 4 nitrogen and oxygen atoms in total. The Bertz CT molecular complexity index is 395. The van der Waals surface area contributed by atoms with E-state index in [0.29, 0.717) is 6.04 Å². The van der Waals surface area contributed by atoms with Gasteiger partial charge in [-0.3, -0.25) is 4.90 Å². The maximum absolute atomic E-state index is 6.01. The van der Waals surface area contributed by atoms with Crippen molar-refractivity contribution in [3.05, 3.63) is 23.8 Å². The Hall–Kier alpha value is -1.26. The summed E-state index contributed by atoms with van der Waals surface area (Å²) in [7, 11) is 3.38. The molecule has 2 rings (SSSR count). The zero-order valence-electron chi connectivity index (χ0n) is 11.2. The molecule has 1 fully saturated rings. The first-order chi connectivity index (χ1) is 8.72. The average molecular weight is 250 g/mol. The molecule has 0 bridgehead atoms. The predicted octanol–water partition coefficient (Wildman–Crippen LogP) is 1.63. The van der Waals surface area contributed by atoms with Crippen LogP contribution in [-0.2, 0) is 6.54 Å². The molecular weight excluding hydrogens is 228 g/mol. The minimum atomic E-state index is 0.301. The number of benzene rings is 1. The summed E-state index contributed by atoms with van der Waals surface area (Å²) in [5, 5.41) is 0. The summed E-state index contributed by atoms with van der Waals surface area (Å²) in [6.45, 7) is 2.93. The van der Waals surface area contributed by atoms with Crippen molar-refractivity contribution in [2.45, 2.75) is 25.4 Å². The van der Waals surface area contributed by atoms with E-state index in [2.05, 4.69) is 4.90 Å². The van der Waals surface area contributed by atoms with E-state index >= 15 is 0 Å². The Morgan fingerprint density at radius 1 is 1.33 bits per heavy atom. The number of likely N-dealkylation sites (tertiary alicyclic amines) is 1. The summed E-state index contributed by atoms with van der Waals surface area (Å²) in [6.07, 6.45) is 2.30. The molecule has 100 valence electrons. The van der Waals surface area contributed by atoms with Crippen LogP contribution in [0.5, 0.6) is 11.5 Å². The highest BCUT2D eigenvalue weighted by Gasteiger charge is 2.18. The smallest absolute Gasteiger partial charge is 0.123 e. The molecule has 1 aromatic rings. The van der Waals surface area contributed by atoms with E-state index in [1.165, 1.54) is 6.42 Å². The zero-order valence-corrected chi connectivity index (χ0v) is 11.2. The van der Waals surface area contributed by atoms with Gasteiger partial charge in [0.15, 0.2) is 0 Å². The number of rotatable bonds is 4. The van der Waals surface area contributed by atoms with Gasteiger partial charge in [-0.15, -0.1) is 0 Å². The van der Waals surface area contributed by atoms with Crippen LogP contribution in [0.3, 0.4) is 0 Å². The second-order valence-electron chi connectivity index (χ2n) is 4.82. The molecule has 1 heterocycles. The van der Waals surface area contributed by atoms with Crippen molar-refractivity contribution in [3.63, 3.8) is 0 Å². The largest absolute Gasteiger partial charge is 0.497 e. The summed E-state index contributed by atoms with van der Waals surface area (Å²) in [5.41, 5.74) is 7.17. The van der Waals surface area contributed by atoms with E-state index in [4.69, 9.17) is 15.2 Å². The lowest BCUT2D eigenvalue weighted by atomic mass is 10.1. The van der Waals surface area contributed by atoms with Crippen LogP contribution in [0.25, 0.3) is 0 Å². The van der Waals surface area contributed by atoms with Crippen LogP contribution in [0, 0.1) is 0 Å². The monoisotopic (exact) mass is 250 g/mol. The highest BCUT2D eigenvalue weighted by molar-refractivity contribution is 5.40. The van der Waals surface area contributed by atoms with Crippen LogP contribution in [0.1, 0.15) is 18.4 Å². The van der Waals surface area contributed by atoms with Gasteiger partial charge in [-0.05, 0) is 37.6 Å². The standard InChI is InChI=1S/C14H22N2O2/c1-17-13-5-6-14(18-2)11(8-13)9-16-7-3-4-12(15)10-16/h5-6,8,12H,3-4,7,9-10,15H2,1-2H3/t12-/m1/s1. The normalized spacial score (nSPS) is 20.7. The van der Waals surface area contributed by atoms with E-state index < -0.39 is 0 Å². The van der Waals surface area contributed by atoms with Crippen LogP contribution in [0.2, 0.25) is 0 Å². The van der Waals surface area contributed by atoms with Gasteiger partial charge in [-0.1, -0.05) is 0 Å². The average Bonchev–Trinajstić information content (AvgIpc) is 2.38. The molecule has 0 unspecified atom stereocenters. The molecule has 0 saturated carbocycles. The molecule has 4 heteroatoms. The van der Waals surface area contributed by atoms with Crippen LogP contribution in [0.4, 0.5) is 0 Å². The van der Waals surface area contributed by atoms with Crippen molar-refractivity contribution >= 4 is 0 Å². The molecule has 0 aromatic heterocycles. The number of hydrogen-bond acceptors (Lipinski definition) is 4. The van der Waals surface area contributed by atoms with Crippen LogP contribution < -0.4 is 15.2 Å². The second kappa shape index (κ2) is 6.07. The summed E-state index contributed by atoms with van der Waals surface area (Å²) in [6, 6.07) is 6.22. The van der Waals surface area contributed by atoms with Gasteiger partial charge in [-0.25, -0.2) is 0 Å². The van der Waals surface area contributed by atoms with Crippen LogP contribution in [0.15, 0.2) is 18.2 Å². The number of nitrogens with two attached hydrogens (primary N) is 1. The van der Waals surface area contributed by atoms with E-state index in [-0.39, 0.29) is 0 Å². The summed E-state index contributed by atoms with van der Waals surface area (Å²) in [5.74, 6) is 1.78. The first kappa shape index (κ1) is 13.2. The van der Waals surface area contributed by atoms with Crippen LogP contribution >= 0.6 is 0 Å². The van der Waals surface area contributed by atoms with Gasteiger partial charge in [0.25, 0.3) is 0 Å². The van der Waals surface area contributed by atoms with E-state index in [0.717, 1.165) is 43.1 Å². The third-order valence-electron chi connectivity index (χ3n) is 3.42. The van der Waals surface area contributed by atoms with Crippen molar-refractivity contribution in [2.75, 3.05) is 27.3 Å². The zero-order chi connectivity index (χ0) is 13.0. The highest BCUT2D eigenvalue weighted by Crippen LogP contribution is 2.26. The lowest BCUT2D eigenvalue weighted by molar-refractivity contribution is 0.199. The molecule has 0 radical (unpaired) electrons. The number of piperidine rings is 1. The number of ether oxygens (including phenoxy) is 2. The maximum atomic E-state index is 6.01. The molecule has 1 atom stereocenters. The topological polar surface area (TPSA) is 47.7 Å². The third kappa shape index (κ3) is 3.15.